The van der Waals surface area contributed by atoms with Crippen LogP contribution in [0.1, 0.15) is 25.7 Å². The van der Waals surface area contributed by atoms with E-state index >= 15 is 0 Å². The number of ether oxygens (including phenoxy) is 2. The maximum Gasteiger partial charge on any atom is 0.410 e. The van der Waals surface area contributed by atoms with Gasteiger partial charge in [0.2, 0.25) is 0 Å². The lowest BCUT2D eigenvalue weighted by atomic mass is 10.00. The van der Waals surface area contributed by atoms with Crippen LogP contribution < -0.4 is 0 Å². The predicted octanol–water partition coefficient (Wildman–Crippen LogP) is 0.533. The number of piperidine rings is 1. The first-order chi connectivity index (χ1) is 8.19. The third kappa shape index (κ3) is 4.22. The lowest BCUT2D eigenvalue weighted by Crippen LogP contribution is -2.45. The Morgan fingerprint density at radius 1 is 1.41 bits per heavy atom. The average Bonchev–Trinajstić information content (AvgIpc) is 2.36. The average molecular weight is 245 g/mol. The lowest BCUT2D eigenvalue weighted by Gasteiger charge is -2.34. The summed E-state index contributed by atoms with van der Waals surface area (Å²) in [5.74, 6) is -0.322. The highest BCUT2D eigenvalue weighted by molar-refractivity contribution is 5.72. The molecule has 6 nitrogen and oxygen atoms in total. The molecule has 1 saturated heterocycles. The maximum absolute atomic E-state index is 11.7. The summed E-state index contributed by atoms with van der Waals surface area (Å²) in [6.07, 6.45) is 2.42. The number of hydrogen-bond acceptors (Lipinski definition) is 5. The van der Waals surface area contributed by atoms with E-state index in [1.165, 1.54) is 7.11 Å². The minimum atomic E-state index is -0.465. The van der Waals surface area contributed by atoms with Crippen LogP contribution in [0.4, 0.5) is 4.79 Å². The summed E-state index contributed by atoms with van der Waals surface area (Å²) in [6.45, 7) is 0.382. The summed E-state index contributed by atoms with van der Waals surface area (Å²) in [5, 5.41) is 8.59. The van der Waals surface area contributed by atoms with E-state index < -0.39 is 6.09 Å². The van der Waals surface area contributed by atoms with Crippen molar-refractivity contribution in [1.29, 1.82) is 0 Å². The Hall–Kier alpha value is -1.30. The van der Waals surface area contributed by atoms with Crippen LogP contribution in [0.3, 0.4) is 0 Å². The number of hydrogen-bond donors (Lipinski definition) is 1. The molecule has 1 rings (SSSR count). The molecule has 0 aliphatic carbocycles. The Bertz CT molecular complexity index is 269. The number of carbonyl (C=O) groups excluding carboxylic acids is 2. The lowest BCUT2D eigenvalue weighted by molar-refractivity contribution is -0.142. The molecule has 17 heavy (non-hydrogen) atoms. The summed E-state index contributed by atoms with van der Waals surface area (Å²) < 4.78 is 9.47. The number of carbonyl (C=O) groups is 2. The van der Waals surface area contributed by atoms with Crippen LogP contribution >= 0.6 is 0 Å². The summed E-state index contributed by atoms with van der Waals surface area (Å²) in [6, 6.07) is -0.151. The first-order valence-electron chi connectivity index (χ1n) is 5.80. The Kier molecular flexibility index (Phi) is 5.76. The zero-order chi connectivity index (χ0) is 12.7. The monoisotopic (exact) mass is 245 g/mol. The molecule has 6 heteroatoms. The molecule has 1 aliphatic rings. The number of aliphatic hydroxyl groups is 1. The van der Waals surface area contributed by atoms with Gasteiger partial charge < -0.3 is 19.5 Å². The van der Waals surface area contributed by atoms with Crippen LogP contribution in [-0.2, 0) is 14.3 Å². The van der Waals surface area contributed by atoms with Gasteiger partial charge in [-0.2, -0.15) is 0 Å². The number of likely N-dealkylation sites (tertiary alicyclic amines) is 1. The van der Waals surface area contributed by atoms with Crippen molar-refractivity contribution in [2.24, 2.45) is 0 Å². The molecule has 1 heterocycles. The van der Waals surface area contributed by atoms with Crippen LogP contribution in [0.5, 0.6) is 0 Å². The van der Waals surface area contributed by atoms with Crippen LogP contribution in [0.15, 0.2) is 0 Å². The van der Waals surface area contributed by atoms with Gasteiger partial charge in [0.15, 0.2) is 0 Å². The van der Waals surface area contributed by atoms with E-state index in [2.05, 4.69) is 4.74 Å². The smallest absolute Gasteiger partial charge is 0.410 e. The highest BCUT2D eigenvalue weighted by Crippen LogP contribution is 2.20. The second kappa shape index (κ2) is 7.11. The minimum absolute atomic E-state index is 0.0136. The fraction of sp³-hybridized carbons (Fsp3) is 0.818. The topological polar surface area (TPSA) is 76.1 Å². The van der Waals surface area contributed by atoms with Gasteiger partial charge in [0, 0.05) is 12.6 Å². The van der Waals surface area contributed by atoms with E-state index in [1.807, 2.05) is 0 Å². The Balaban J connectivity index is 2.52. The molecule has 1 N–H and O–H groups in total. The Morgan fingerprint density at radius 3 is 2.82 bits per heavy atom. The van der Waals surface area contributed by atoms with Gasteiger partial charge in [0.05, 0.1) is 20.1 Å². The van der Waals surface area contributed by atoms with Gasteiger partial charge in [0.25, 0.3) is 0 Å². The second-order valence-corrected chi connectivity index (χ2v) is 3.96. The number of esters is 1. The quantitative estimate of drug-likeness (QED) is 0.731. The van der Waals surface area contributed by atoms with Crippen LogP contribution in [0, 0.1) is 0 Å². The molecule has 0 aromatic heterocycles. The summed E-state index contributed by atoms with van der Waals surface area (Å²) in [4.78, 5) is 24.5. The fourth-order valence-corrected chi connectivity index (χ4v) is 1.94. The van der Waals surface area contributed by atoms with Crippen molar-refractivity contribution in [2.75, 3.05) is 26.9 Å². The van der Waals surface area contributed by atoms with Crippen molar-refractivity contribution in [3.8, 4) is 0 Å². The van der Waals surface area contributed by atoms with Gasteiger partial charge in [-0.25, -0.2) is 4.79 Å². The van der Waals surface area contributed by atoms with Crippen molar-refractivity contribution in [2.45, 2.75) is 31.7 Å². The third-order valence-corrected chi connectivity index (χ3v) is 2.81. The predicted molar refractivity (Wildman–Crippen MR) is 59.4 cm³/mol. The van der Waals surface area contributed by atoms with Crippen molar-refractivity contribution in [3.05, 3.63) is 0 Å². The fourth-order valence-electron chi connectivity index (χ4n) is 1.94. The largest absolute Gasteiger partial charge is 0.469 e. The van der Waals surface area contributed by atoms with Gasteiger partial charge in [-0.15, -0.1) is 0 Å². The van der Waals surface area contributed by atoms with Gasteiger partial charge in [-0.3, -0.25) is 4.79 Å². The van der Waals surface area contributed by atoms with Crippen molar-refractivity contribution in [1.82, 2.24) is 4.90 Å². The van der Waals surface area contributed by atoms with E-state index in [1.54, 1.807) is 4.90 Å². The van der Waals surface area contributed by atoms with Crippen molar-refractivity contribution >= 4 is 12.1 Å². The molecule has 0 spiro atoms. The van der Waals surface area contributed by atoms with Crippen molar-refractivity contribution < 1.29 is 24.2 Å². The maximum atomic E-state index is 11.7. The van der Waals surface area contributed by atoms with Crippen molar-refractivity contribution in [3.63, 3.8) is 0 Å². The molecule has 1 aliphatic heterocycles. The molecule has 1 fully saturated rings. The molecule has 1 unspecified atom stereocenters. The van der Waals surface area contributed by atoms with Gasteiger partial charge >= 0.3 is 12.1 Å². The Morgan fingerprint density at radius 2 is 2.18 bits per heavy atom. The molecule has 0 radical (unpaired) electrons. The number of amides is 1. The molecular weight excluding hydrogens is 226 g/mol. The normalized spacial score (nSPS) is 19.9. The van der Waals surface area contributed by atoms with E-state index in [9.17, 15) is 9.59 Å². The van der Waals surface area contributed by atoms with Crippen LogP contribution in [0.25, 0.3) is 0 Å². The minimum Gasteiger partial charge on any atom is -0.469 e. The third-order valence-electron chi connectivity index (χ3n) is 2.81. The van der Waals surface area contributed by atoms with E-state index in [4.69, 9.17) is 9.84 Å². The van der Waals surface area contributed by atoms with E-state index in [-0.39, 0.29) is 31.6 Å². The number of methoxy groups -OCH3 is 1. The number of rotatable bonds is 4. The number of nitrogens with zero attached hydrogens (tertiary/aromatic N) is 1. The Labute approximate surface area is 100 Å². The second-order valence-electron chi connectivity index (χ2n) is 3.96. The van der Waals surface area contributed by atoms with E-state index in [0.29, 0.717) is 6.54 Å². The summed E-state index contributed by atoms with van der Waals surface area (Å²) in [5.41, 5.74) is 0. The summed E-state index contributed by atoms with van der Waals surface area (Å²) in [7, 11) is 1.33. The number of aliphatic hydroxyl groups excluding tert-OH is 1. The molecule has 0 saturated carbocycles. The first kappa shape index (κ1) is 13.8. The summed E-state index contributed by atoms with van der Waals surface area (Å²) >= 11 is 0. The van der Waals surface area contributed by atoms with E-state index in [0.717, 1.165) is 19.3 Å². The molecule has 1 amide bonds. The standard InChI is InChI=1S/C11H19NO5/c1-16-10(14)8-9-4-2-3-5-12(9)11(15)17-7-6-13/h9,13H,2-8H2,1H3. The molecular formula is C11H19NO5. The SMILES string of the molecule is COC(=O)CC1CCCCN1C(=O)OCCO. The van der Waals surface area contributed by atoms with Gasteiger partial charge in [-0.1, -0.05) is 0 Å². The zero-order valence-corrected chi connectivity index (χ0v) is 10.1. The van der Waals surface area contributed by atoms with Gasteiger partial charge in [-0.05, 0) is 19.3 Å². The highest BCUT2D eigenvalue weighted by Gasteiger charge is 2.29. The highest BCUT2D eigenvalue weighted by atomic mass is 16.6. The van der Waals surface area contributed by atoms with Gasteiger partial charge in [0.1, 0.15) is 6.61 Å². The molecule has 1 atom stereocenters. The molecule has 0 aromatic rings. The molecule has 98 valence electrons. The molecule has 0 aromatic carbocycles. The first-order valence-corrected chi connectivity index (χ1v) is 5.80. The molecule has 0 bridgehead atoms. The van der Waals surface area contributed by atoms with Crippen LogP contribution in [-0.4, -0.2) is 55.0 Å². The zero-order valence-electron chi connectivity index (χ0n) is 10.1. The van der Waals surface area contributed by atoms with Crippen LogP contribution in [0.2, 0.25) is 0 Å².